The van der Waals surface area contributed by atoms with Gasteiger partial charge in [0.2, 0.25) is 0 Å². The molecule has 0 bridgehead atoms. The first-order valence-corrected chi connectivity index (χ1v) is 11.3. The van der Waals surface area contributed by atoms with Gasteiger partial charge in [0.15, 0.2) is 5.11 Å². The molecule has 0 saturated carbocycles. The van der Waals surface area contributed by atoms with Crippen molar-refractivity contribution >= 4 is 78.6 Å². The lowest BCUT2D eigenvalue weighted by Gasteiger charge is -2.12. The third-order valence-electron chi connectivity index (χ3n) is 4.46. The zero-order valence-electron chi connectivity index (χ0n) is 16.0. The van der Waals surface area contributed by atoms with Crippen molar-refractivity contribution in [1.29, 1.82) is 0 Å². The van der Waals surface area contributed by atoms with Gasteiger partial charge >= 0.3 is 0 Å². The molecule has 1 heterocycles. The molecule has 0 atom stereocenters. The number of fused-ring (bicyclic) bond motifs is 1. The second-order valence-electron chi connectivity index (χ2n) is 6.56. The standard InChI is InChI=1S/C23H16BrN3O2S2/c24-19-10-3-7-16-17(19)8-2-9-18(16)21(28)27-23(30)26-15-6-1-5-14(13-15)25-22(29)20-11-4-12-31-20/h1-13H,(H,25,29)(H2,26,27,28,30). The van der Waals surface area contributed by atoms with Crippen molar-refractivity contribution in [3.63, 3.8) is 0 Å². The zero-order valence-corrected chi connectivity index (χ0v) is 19.2. The third-order valence-corrected chi connectivity index (χ3v) is 6.23. The molecule has 1 aromatic heterocycles. The van der Waals surface area contributed by atoms with E-state index in [0.29, 0.717) is 21.8 Å². The fraction of sp³-hybridized carbons (Fsp3) is 0. The minimum Gasteiger partial charge on any atom is -0.332 e. The van der Waals surface area contributed by atoms with Gasteiger partial charge in [0.25, 0.3) is 11.8 Å². The van der Waals surface area contributed by atoms with Crippen LogP contribution in [0.25, 0.3) is 10.8 Å². The van der Waals surface area contributed by atoms with Gasteiger partial charge in [-0.3, -0.25) is 14.9 Å². The van der Waals surface area contributed by atoms with E-state index in [1.165, 1.54) is 11.3 Å². The monoisotopic (exact) mass is 509 g/mol. The van der Waals surface area contributed by atoms with E-state index in [9.17, 15) is 9.59 Å². The van der Waals surface area contributed by atoms with E-state index in [0.717, 1.165) is 15.2 Å². The SMILES string of the molecule is O=C(Nc1cccc(NC(=S)NC(=O)c2cccc3c(Br)cccc23)c1)c1cccs1. The summed E-state index contributed by atoms with van der Waals surface area (Å²) in [7, 11) is 0. The molecule has 31 heavy (non-hydrogen) atoms. The Morgan fingerprint density at radius 1 is 0.806 bits per heavy atom. The predicted octanol–water partition coefficient (Wildman–Crippen LogP) is 6.04. The molecular formula is C23H16BrN3O2S2. The van der Waals surface area contributed by atoms with Gasteiger partial charge in [-0.1, -0.05) is 52.3 Å². The molecule has 5 nitrogen and oxygen atoms in total. The second kappa shape index (κ2) is 9.38. The highest BCUT2D eigenvalue weighted by molar-refractivity contribution is 9.10. The lowest BCUT2D eigenvalue weighted by molar-refractivity contribution is 0.0978. The number of thiophene rings is 1. The summed E-state index contributed by atoms with van der Waals surface area (Å²) in [6, 6.07) is 22.0. The number of halogens is 1. The Labute approximate surface area is 196 Å². The lowest BCUT2D eigenvalue weighted by atomic mass is 10.0. The first kappa shape index (κ1) is 21.2. The van der Waals surface area contributed by atoms with Crippen molar-refractivity contribution in [2.24, 2.45) is 0 Å². The summed E-state index contributed by atoms with van der Waals surface area (Å²) in [6.07, 6.45) is 0. The van der Waals surface area contributed by atoms with Gasteiger partial charge in [-0.25, -0.2) is 0 Å². The Hall–Kier alpha value is -3.07. The Kier molecular flexibility index (Phi) is 6.41. The normalized spacial score (nSPS) is 10.5. The molecule has 4 aromatic rings. The minimum atomic E-state index is -0.302. The van der Waals surface area contributed by atoms with Crippen LogP contribution < -0.4 is 16.0 Å². The van der Waals surface area contributed by atoms with Crippen LogP contribution in [0.1, 0.15) is 20.0 Å². The number of thiocarbonyl (C=S) groups is 1. The number of anilines is 2. The highest BCUT2D eigenvalue weighted by Gasteiger charge is 2.13. The smallest absolute Gasteiger partial charge is 0.265 e. The average molecular weight is 510 g/mol. The molecule has 0 spiro atoms. The van der Waals surface area contributed by atoms with Crippen molar-refractivity contribution in [2.45, 2.75) is 0 Å². The fourth-order valence-electron chi connectivity index (χ4n) is 3.08. The van der Waals surface area contributed by atoms with Crippen LogP contribution in [0.2, 0.25) is 0 Å². The van der Waals surface area contributed by atoms with E-state index >= 15 is 0 Å². The number of hydrogen-bond acceptors (Lipinski definition) is 4. The van der Waals surface area contributed by atoms with E-state index in [-0.39, 0.29) is 16.9 Å². The van der Waals surface area contributed by atoms with Crippen LogP contribution in [-0.2, 0) is 0 Å². The van der Waals surface area contributed by atoms with Crippen molar-refractivity contribution in [2.75, 3.05) is 10.6 Å². The maximum Gasteiger partial charge on any atom is 0.265 e. The van der Waals surface area contributed by atoms with Gasteiger partial charge in [-0.2, -0.15) is 0 Å². The molecule has 0 radical (unpaired) electrons. The van der Waals surface area contributed by atoms with Gasteiger partial charge in [-0.05, 0) is 64.8 Å². The molecule has 8 heteroatoms. The summed E-state index contributed by atoms with van der Waals surface area (Å²) in [5, 5.41) is 12.3. The number of carbonyl (C=O) groups is 2. The summed E-state index contributed by atoms with van der Waals surface area (Å²) < 4.78 is 0.918. The molecule has 0 aliphatic carbocycles. The molecule has 4 rings (SSSR count). The van der Waals surface area contributed by atoms with E-state index < -0.39 is 0 Å². The summed E-state index contributed by atoms with van der Waals surface area (Å²) in [5.41, 5.74) is 1.80. The van der Waals surface area contributed by atoms with Crippen molar-refractivity contribution in [3.05, 3.63) is 93.1 Å². The largest absolute Gasteiger partial charge is 0.332 e. The molecule has 0 aliphatic rings. The van der Waals surface area contributed by atoms with E-state index in [1.54, 1.807) is 36.4 Å². The molecule has 3 aromatic carbocycles. The summed E-state index contributed by atoms with van der Waals surface area (Å²) >= 11 is 10.2. The molecule has 2 amide bonds. The quantitative estimate of drug-likeness (QED) is 0.293. The number of amides is 2. The van der Waals surface area contributed by atoms with E-state index in [2.05, 4.69) is 31.9 Å². The van der Waals surface area contributed by atoms with E-state index in [1.807, 2.05) is 41.8 Å². The Morgan fingerprint density at radius 3 is 2.29 bits per heavy atom. The first-order chi connectivity index (χ1) is 15.0. The van der Waals surface area contributed by atoms with Crippen molar-refractivity contribution in [1.82, 2.24) is 5.32 Å². The number of benzene rings is 3. The van der Waals surface area contributed by atoms with Crippen molar-refractivity contribution in [3.8, 4) is 0 Å². The van der Waals surface area contributed by atoms with Crippen LogP contribution in [0.4, 0.5) is 11.4 Å². The predicted molar refractivity (Wildman–Crippen MR) is 134 cm³/mol. The van der Waals surface area contributed by atoms with Crippen LogP contribution in [0.3, 0.4) is 0 Å². The molecular weight excluding hydrogens is 494 g/mol. The van der Waals surface area contributed by atoms with Gasteiger partial charge in [0.05, 0.1) is 4.88 Å². The fourth-order valence-corrected chi connectivity index (χ4v) is 4.41. The van der Waals surface area contributed by atoms with Gasteiger partial charge in [-0.15, -0.1) is 11.3 Å². The van der Waals surface area contributed by atoms with Gasteiger partial charge in [0.1, 0.15) is 0 Å². The number of nitrogens with one attached hydrogen (secondary N) is 3. The van der Waals surface area contributed by atoms with Crippen LogP contribution in [0, 0.1) is 0 Å². The molecule has 3 N–H and O–H groups in total. The highest BCUT2D eigenvalue weighted by atomic mass is 79.9. The molecule has 0 aliphatic heterocycles. The average Bonchev–Trinajstić information content (AvgIpc) is 3.29. The highest BCUT2D eigenvalue weighted by Crippen LogP contribution is 2.26. The Balaban J connectivity index is 1.44. The lowest BCUT2D eigenvalue weighted by Crippen LogP contribution is -2.34. The number of hydrogen-bond donors (Lipinski definition) is 3. The van der Waals surface area contributed by atoms with Crippen LogP contribution >= 0.6 is 39.5 Å². The van der Waals surface area contributed by atoms with Crippen LogP contribution in [0.15, 0.2) is 82.6 Å². The Bertz CT molecular complexity index is 1290. The van der Waals surface area contributed by atoms with Gasteiger partial charge in [0, 0.05) is 21.4 Å². The van der Waals surface area contributed by atoms with Crippen LogP contribution in [-0.4, -0.2) is 16.9 Å². The zero-order chi connectivity index (χ0) is 21.8. The third kappa shape index (κ3) is 4.99. The van der Waals surface area contributed by atoms with E-state index in [4.69, 9.17) is 12.2 Å². The van der Waals surface area contributed by atoms with Gasteiger partial charge < -0.3 is 10.6 Å². The maximum atomic E-state index is 12.8. The number of carbonyl (C=O) groups excluding carboxylic acids is 2. The molecule has 0 fully saturated rings. The summed E-state index contributed by atoms with van der Waals surface area (Å²) in [5.74, 6) is -0.478. The summed E-state index contributed by atoms with van der Waals surface area (Å²) in [6.45, 7) is 0. The molecule has 154 valence electrons. The molecule has 0 unspecified atom stereocenters. The maximum absolute atomic E-state index is 12.8. The number of rotatable bonds is 4. The first-order valence-electron chi connectivity index (χ1n) is 9.26. The minimum absolute atomic E-state index is 0.165. The molecule has 0 saturated heterocycles. The summed E-state index contributed by atoms with van der Waals surface area (Å²) in [4.78, 5) is 25.7. The van der Waals surface area contributed by atoms with Crippen molar-refractivity contribution < 1.29 is 9.59 Å². The van der Waals surface area contributed by atoms with Crippen LogP contribution in [0.5, 0.6) is 0 Å². The topological polar surface area (TPSA) is 70.2 Å². The Morgan fingerprint density at radius 2 is 1.52 bits per heavy atom. The second-order valence-corrected chi connectivity index (χ2v) is 8.77.